The molecular formula is C18H34B2N2P2. The Morgan fingerprint density at radius 3 is 1.25 bits per heavy atom. The van der Waals surface area contributed by atoms with Gasteiger partial charge in [-0.15, -0.1) is 0 Å². The van der Waals surface area contributed by atoms with Gasteiger partial charge in [-0.25, -0.2) is 0 Å². The molecule has 0 unspecified atom stereocenters. The van der Waals surface area contributed by atoms with E-state index in [-0.39, 0.29) is 10.3 Å². The number of nitrogens with zero attached hydrogens (tertiary/aromatic N) is 2. The van der Waals surface area contributed by atoms with Crippen LogP contribution in [-0.4, -0.2) is 48.7 Å². The summed E-state index contributed by atoms with van der Waals surface area (Å²) < 4.78 is 0. The maximum absolute atomic E-state index is 5.23. The molecule has 0 N–H and O–H groups in total. The van der Waals surface area contributed by atoms with Crippen LogP contribution in [0.3, 0.4) is 0 Å². The number of hydrogen-bond acceptors (Lipinski definition) is 2. The second-order valence-electron chi connectivity index (χ2n) is 10.2. The second-order valence-corrected chi connectivity index (χ2v) is 20.6. The van der Waals surface area contributed by atoms with E-state index in [2.05, 4.69) is 94.3 Å². The molecule has 24 heavy (non-hydrogen) atoms. The summed E-state index contributed by atoms with van der Waals surface area (Å²) in [6.07, 6.45) is 0. The zero-order valence-electron chi connectivity index (χ0n) is 17.2. The van der Waals surface area contributed by atoms with Gasteiger partial charge in [-0.3, -0.25) is 0 Å². The number of fused-ring (bicyclic) bond motifs is 1. The van der Waals surface area contributed by atoms with E-state index in [4.69, 9.17) is 9.97 Å². The van der Waals surface area contributed by atoms with Gasteiger partial charge in [0.1, 0.15) is 0 Å². The number of hydrogen-bond donors (Lipinski definition) is 0. The molecule has 1 heterocycles. The molecule has 0 bridgehead atoms. The predicted molar refractivity (Wildman–Crippen MR) is 124 cm³/mol. The van der Waals surface area contributed by atoms with Crippen LogP contribution in [0.5, 0.6) is 0 Å². The molecule has 0 spiro atoms. The molecule has 2 nitrogen and oxygen atoms in total. The van der Waals surface area contributed by atoms with Crippen LogP contribution in [0.2, 0.25) is 0 Å². The fourth-order valence-corrected chi connectivity index (χ4v) is 7.97. The van der Waals surface area contributed by atoms with Gasteiger partial charge in [0.05, 0.1) is 0 Å². The monoisotopic (exact) mass is 362 g/mol. The molecule has 0 saturated carbocycles. The first-order valence-corrected chi connectivity index (χ1v) is 15.0. The Morgan fingerprint density at radius 1 is 0.708 bits per heavy atom. The van der Waals surface area contributed by atoms with Crippen molar-refractivity contribution in [1.82, 2.24) is 9.97 Å². The molecule has 0 atom stereocenters. The van der Waals surface area contributed by atoms with Crippen LogP contribution in [0.1, 0.15) is 41.5 Å². The summed E-state index contributed by atoms with van der Waals surface area (Å²) in [7, 11) is 1.38. The fraction of sp³-hybridized carbons (Fsp3) is 0.556. The molecule has 0 radical (unpaired) electrons. The fourth-order valence-electron chi connectivity index (χ4n) is 2.58. The van der Waals surface area contributed by atoms with Crippen molar-refractivity contribution in [3.8, 4) is 0 Å². The molecule has 0 amide bonds. The molecule has 1 aromatic carbocycles. The van der Waals surface area contributed by atoms with Crippen molar-refractivity contribution in [2.45, 2.75) is 51.9 Å². The van der Waals surface area contributed by atoms with E-state index in [0.29, 0.717) is 0 Å². The Hall–Kier alpha value is -0.450. The quantitative estimate of drug-likeness (QED) is 0.606. The Morgan fingerprint density at radius 2 is 1.00 bits per heavy atom. The van der Waals surface area contributed by atoms with E-state index < -0.39 is 14.3 Å². The summed E-state index contributed by atoms with van der Waals surface area (Å²) in [5.41, 5.74) is 4.75. The standard InChI is InChI=1S/C18H34B2N2P2/c1-17(2,3)23(7,19)15-16(24(8,20)18(4,5)6)22-14-12-10-9-11-13(14)21-15/h9-12,23-24H,19-20H2,1-8H3. The third-order valence-electron chi connectivity index (χ3n) is 6.50. The van der Waals surface area contributed by atoms with E-state index >= 15 is 0 Å². The summed E-state index contributed by atoms with van der Waals surface area (Å²) in [4.78, 5) is 10.5. The van der Waals surface area contributed by atoms with Gasteiger partial charge in [0.25, 0.3) is 0 Å². The summed E-state index contributed by atoms with van der Waals surface area (Å²) in [6, 6.07) is 8.35. The van der Waals surface area contributed by atoms with Crippen molar-refractivity contribution >= 4 is 51.3 Å². The molecule has 0 aliphatic heterocycles. The molecule has 0 aliphatic rings. The van der Waals surface area contributed by atoms with Crippen LogP contribution in [0.15, 0.2) is 24.3 Å². The van der Waals surface area contributed by atoms with Crippen molar-refractivity contribution in [3.63, 3.8) is 0 Å². The van der Waals surface area contributed by atoms with Crippen molar-refractivity contribution in [2.24, 2.45) is 0 Å². The second kappa shape index (κ2) is 6.07. The average Bonchev–Trinajstić information content (AvgIpc) is 2.43. The first-order chi connectivity index (χ1) is 10.7. The molecular weight excluding hydrogens is 328 g/mol. The number of para-hydroxylation sites is 2. The van der Waals surface area contributed by atoms with Crippen LogP contribution in [0.25, 0.3) is 11.0 Å². The SMILES string of the molecule is B[PH](C)(c1nc2ccccc2nc1[PH](B)(C)C(C)(C)C)C(C)(C)C. The average molecular weight is 362 g/mol. The third kappa shape index (κ3) is 3.30. The molecule has 2 aromatic rings. The molecule has 6 heteroatoms. The molecule has 132 valence electrons. The van der Waals surface area contributed by atoms with Crippen molar-refractivity contribution in [3.05, 3.63) is 24.3 Å². The van der Waals surface area contributed by atoms with Crippen LogP contribution in [-0.2, 0) is 0 Å². The van der Waals surface area contributed by atoms with Gasteiger partial charge in [0.2, 0.25) is 0 Å². The Balaban J connectivity index is 2.89. The van der Waals surface area contributed by atoms with Crippen molar-refractivity contribution in [2.75, 3.05) is 13.3 Å². The van der Waals surface area contributed by atoms with Crippen molar-refractivity contribution < 1.29 is 0 Å². The Labute approximate surface area is 151 Å². The van der Waals surface area contributed by atoms with Crippen molar-refractivity contribution in [1.29, 1.82) is 0 Å². The third-order valence-corrected chi connectivity index (χ3v) is 17.3. The van der Waals surface area contributed by atoms with Crippen LogP contribution >= 0.6 is 14.3 Å². The van der Waals surface area contributed by atoms with Crippen LogP contribution in [0.4, 0.5) is 0 Å². The van der Waals surface area contributed by atoms with Gasteiger partial charge in [-0.2, -0.15) is 0 Å². The summed E-state index contributed by atoms with van der Waals surface area (Å²) in [5, 5.41) is 0.502. The summed E-state index contributed by atoms with van der Waals surface area (Å²) >= 11 is 0. The van der Waals surface area contributed by atoms with Gasteiger partial charge in [-0.1, -0.05) is 0 Å². The Bertz CT molecular complexity index is 695. The maximum atomic E-state index is 5.23. The van der Waals surface area contributed by atoms with E-state index in [1.54, 1.807) is 0 Å². The topological polar surface area (TPSA) is 25.8 Å². The molecule has 0 aliphatic carbocycles. The predicted octanol–water partition coefficient (Wildman–Crippen LogP) is 2.33. The Kier molecular flexibility index (Phi) is 5.02. The van der Waals surface area contributed by atoms with Gasteiger partial charge in [0, 0.05) is 0 Å². The van der Waals surface area contributed by atoms with Crippen LogP contribution < -0.4 is 10.9 Å². The van der Waals surface area contributed by atoms with Gasteiger partial charge < -0.3 is 0 Å². The summed E-state index contributed by atoms with van der Waals surface area (Å²) in [6.45, 7) is 19.1. The number of benzene rings is 1. The minimum atomic E-state index is -1.77. The van der Waals surface area contributed by atoms with Gasteiger partial charge >= 0.3 is 151 Å². The van der Waals surface area contributed by atoms with E-state index in [0.717, 1.165) is 11.0 Å². The minimum absolute atomic E-state index is 0.251. The van der Waals surface area contributed by atoms with Gasteiger partial charge in [-0.05, 0) is 0 Å². The number of aromatic nitrogens is 2. The number of rotatable bonds is 2. The van der Waals surface area contributed by atoms with E-state index in [9.17, 15) is 0 Å². The summed E-state index contributed by atoms with van der Waals surface area (Å²) in [5.74, 6) is 0. The van der Waals surface area contributed by atoms with Gasteiger partial charge in [0.15, 0.2) is 0 Å². The zero-order valence-corrected chi connectivity index (χ0v) is 19.2. The first-order valence-electron chi connectivity index (χ1n) is 8.97. The first kappa shape index (κ1) is 19.9. The molecule has 0 fully saturated rings. The molecule has 1 aromatic heterocycles. The van der Waals surface area contributed by atoms with E-state index in [1.807, 2.05) is 0 Å². The normalized spacial score (nSPS) is 15.5. The van der Waals surface area contributed by atoms with Crippen LogP contribution in [0, 0.1) is 0 Å². The zero-order chi connectivity index (χ0) is 18.6. The van der Waals surface area contributed by atoms with E-state index in [1.165, 1.54) is 10.9 Å². The molecule has 2 rings (SSSR count). The molecule has 0 saturated heterocycles.